The predicted molar refractivity (Wildman–Crippen MR) is 52.8 cm³/mol. The summed E-state index contributed by atoms with van der Waals surface area (Å²) in [7, 11) is 0. The lowest BCUT2D eigenvalue weighted by molar-refractivity contribution is -0.106. The molecular formula is C10H24O. The summed E-state index contributed by atoms with van der Waals surface area (Å²) < 4.78 is 0. The van der Waals surface area contributed by atoms with Gasteiger partial charge in [0, 0.05) is 0 Å². The molecule has 0 radical (unpaired) electrons. The van der Waals surface area contributed by atoms with Crippen LogP contribution < -0.4 is 0 Å². The first-order valence-electron chi connectivity index (χ1n) is 4.50. The average Bonchev–Trinajstić information content (AvgIpc) is 1.91. The molecule has 0 aliphatic heterocycles. The molecule has 0 aromatic carbocycles. The highest BCUT2D eigenvalue weighted by Gasteiger charge is 1.80. The smallest absolute Gasteiger partial charge is 0.116 e. The van der Waals surface area contributed by atoms with Gasteiger partial charge >= 0.3 is 0 Å². The molecule has 0 amide bonds. The normalized spacial score (nSPS) is 7.18. The summed E-state index contributed by atoms with van der Waals surface area (Å²) in [6, 6.07) is 0. The van der Waals surface area contributed by atoms with E-state index >= 15 is 0 Å². The van der Waals surface area contributed by atoms with Crippen molar-refractivity contribution in [3.05, 3.63) is 0 Å². The van der Waals surface area contributed by atoms with E-state index in [9.17, 15) is 0 Å². The van der Waals surface area contributed by atoms with Crippen molar-refractivity contribution >= 4 is 6.29 Å². The van der Waals surface area contributed by atoms with Crippen molar-refractivity contribution in [2.24, 2.45) is 5.92 Å². The van der Waals surface area contributed by atoms with Gasteiger partial charge in [0.2, 0.25) is 0 Å². The molecule has 0 aliphatic rings. The van der Waals surface area contributed by atoms with Crippen molar-refractivity contribution in [2.45, 2.75) is 54.4 Å². The van der Waals surface area contributed by atoms with Crippen LogP contribution in [0, 0.1) is 5.92 Å². The minimum absolute atomic E-state index is 0.750. The molecule has 1 heteroatoms. The molecule has 0 rings (SSSR count). The van der Waals surface area contributed by atoms with E-state index in [0.717, 1.165) is 12.2 Å². The summed E-state index contributed by atoms with van der Waals surface area (Å²) in [5.74, 6) is 0.884. The first-order chi connectivity index (χ1) is 5.10. The first kappa shape index (κ1) is 17.0. The molecule has 0 N–H and O–H groups in total. The van der Waals surface area contributed by atoms with Crippen LogP contribution in [0.2, 0.25) is 0 Å². The third kappa shape index (κ3) is 204. The Morgan fingerprint density at radius 3 is 1.27 bits per heavy atom. The Morgan fingerprint density at radius 2 is 1.27 bits per heavy atom. The fourth-order valence-electron chi connectivity index (χ4n) is 0. The summed E-state index contributed by atoms with van der Waals surface area (Å²) in [5.41, 5.74) is 0. The van der Waals surface area contributed by atoms with Crippen molar-refractivity contribution < 1.29 is 4.79 Å². The van der Waals surface area contributed by atoms with E-state index < -0.39 is 0 Å². The van der Waals surface area contributed by atoms with Gasteiger partial charge in [0.25, 0.3) is 0 Å². The van der Waals surface area contributed by atoms with Crippen LogP contribution in [0.3, 0.4) is 0 Å². The second kappa shape index (κ2) is 22.6. The fraction of sp³-hybridized carbons (Fsp3) is 0.900. The zero-order chi connectivity index (χ0) is 9.70. The third-order valence-corrected chi connectivity index (χ3v) is 0.816. The minimum atomic E-state index is 0.750. The molecule has 0 heterocycles. The van der Waals surface area contributed by atoms with Gasteiger partial charge in [-0.3, -0.25) is 0 Å². The van der Waals surface area contributed by atoms with Gasteiger partial charge in [0.05, 0.1) is 0 Å². The molecule has 1 nitrogen and oxygen atoms in total. The van der Waals surface area contributed by atoms with Crippen LogP contribution in [0.15, 0.2) is 0 Å². The van der Waals surface area contributed by atoms with Gasteiger partial charge in [-0.2, -0.15) is 0 Å². The number of rotatable bonds is 1. The van der Waals surface area contributed by atoms with Gasteiger partial charge in [0.15, 0.2) is 0 Å². The highest BCUT2D eigenvalue weighted by Crippen LogP contribution is 1.93. The molecule has 0 fully saturated rings. The van der Waals surface area contributed by atoms with Gasteiger partial charge in [-0.15, -0.1) is 0 Å². The molecule has 0 aromatic rings. The quantitative estimate of drug-likeness (QED) is 0.535. The molecule has 0 aromatic heterocycles. The Kier molecular flexibility index (Phi) is 34.9. The molecular weight excluding hydrogens is 136 g/mol. The SMILES string of the molecule is CC=O.CCC.CCC(C)C. The van der Waals surface area contributed by atoms with Gasteiger partial charge in [-0.1, -0.05) is 47.5 Å². The number of aldehydes is 1. The number of carbonyl (C=O) groups excluding carboxylic acids is 1. The van der Waals surface area contributed by atoms with Crippen LogP contribution in [0.4, 0.5) is 0 Å². The van der Waals surface area contributed by atoms with Crippen LogP contribution in [0.1, 0.15) is 54.4 Å². The van der Waals surface area contributed by atoms with E-state index in [2.05, 4.69) is 34.6 Å². The number of hydrogen-bond acceptors (Lipinski definition) is 1. The fourth-order valence-corrected chi connectivity index (χ4v) is 0. The molecule has 0 atom stereocenters. The topological polar surface area (TPSA) is 17.1 Å². The van der Waals surface area contributed by atoms with E-state index in [-0.39, 0.29) is 0 Å². The Balaban J connectivity index is -0.0000000933. The molecule has 0 aliphatic carbocycles. The minimum Gasteiger partial charge on any atom is -0.304 e. The van der Waals surface area contributed by atoms with Crippen LogP contribution in [-0.2, 0) is 4.79 Å². The average molecular weight is 160 g/mol. The Morgan fingerprint density at radius 1 is 1.18 bits per heavy atom. The van der Waals surface area contributed by atoms with Crippen molar-refractivity contribution in [3.63, 3.8) is 0 Å². The van der Waals surface area contributed by atoms with E-state index in [4.69, 9.17) is 4.79 Å². The zero-order valence-corrected chi connectivity index (χ0v) is 8.98. The monoisotopic (exact) mass is 160 g/mol. The van der Waals surface area contributed by atoms with Crippen molar-refractivity contribution in [3.8, 4) is 0 Å². The Bertz CT molecular complexity index is 48.8. The first-order valence-corrected chi connectivity index (χ1v) is 4.50. The Hall–Kier alpha value is -0.330. The number of hydrogen-bond donors (Lipinski definition) is 0. The lowest BCUT2D eigenvalue weighted by Gasteiger charge is -1.90. The van der Waals surface area contributed by atoms with Crippen molar-refractivity contribution in [2.75, 3.05) is 0 Å². The van der Waals surface area contributed by atoms with Crippen LogP contribution >= 0.6 is 0 Å². The molecule has 70 valence electrons. The van der Waals surface area contributed by atoms with E-state index in [1.54, 1.807) is 0 Å². The molecule has 0 unspecified atom stereocenters. The van der Waals surface area contributed by atoms with E-state index in [1.165, 1.54) is 19.8 Å². The molecule has 11 heavy (non-hydrogen) atoms. The van der Waals surface area contributed by atoms with Gasteiger partial charge in [0.1, 0.15) is 6.29 Å². The maximum Gasteiger partial charge on any atom is 0.116 e. The van der Waals surface area contributed by atoms with Gasteiger partial charge in [-0.05, 0) is 12.8 Å². The summed E-state index contributed by atoms with van der Waals surface area (Å²) >= 11 is 0. The lowest BCUT2D eigenvalue weighted by atomic mass is 10.2. The second-order valence-electron chi connectivity index (χ2n) is 2.74. The van der Waals surface area contributed by atoms with E-state index in [1.807, 2.05) is 0 Å². The number of carbonyl (C=O) groups is 1. The van der Waals surface area contributed by atoms with Crippen LogP contribution in [0.25, 0.3) is 0 Å². The molecule has 0 bridgehead atoms. The predicted octanol–water partition coefficient (Wildman–Crippen LogP) is 3.67. The third-order valence-electron chi connectivity index (χ3n) is 0.816. The summed E-state index contributed by atoms with van der Waals surface area (Å²) in [6.07, 6.45) is 3.31. The summed E-state index contributed by atoms with van der Waals surface area (Å²) in [6.45, 7) is 12.3. The lowest BCUT2D eigenvalue weighted by Crippen LogP contribution is -1.77. The van der Waals surface area contributed by atoms with Crippen LogP contribution in [0.5, 0.6) is 0 Å². The maximum absolute atomic E-state index is 8.81. The van der Waals surface area contributed by atoms with Gasteiger partial charge in [-0.25, -0.2) is 0 Å². The van der Waals surface area contributed by atoms with Crippen molar-refractivity contribution in [1.82, 2.24) is 0 Å². The zero-order valence-electron chi connectivity index (χ0n) is 8.98. The summed E-state index contributed by atoms with van der Waals surface area (Å²) in [4.78, 5) is 8.81. The molecule has 0 saturated heterocycles. The summed E-state index contributed by atoms with van der Waals surface area (Å²) in [5, 5.41) is 0. The molecule has 0 spiro atoms. The van der Waals surface area contributed by atoms with Crippen molar-refractivity contribution in [1.29, 1.82) is 0 Å². The largest absolute Gasteiger partial charge is 0.304 e. The van der Waals surface area contributed by atoms with E-state index in [0.29, 0.717) is 0 Å². The standard InChI is InChI=1S/C5H12.C3H8.C2H4O/c1-4-5(2)3;1-3-2;1-2-3/h5H,4H2,1-3H3;3H2,1-2H3;2H,1H3. The second-order valence-corrected chi connectivity index (χ2v) is 2.74. The van der Waals surface area contributed by atoms with Gasteiger partial charge < -0.3 is 4.79 Å². The highest BCUT2D eigenvalue weighted by atomic mass is 16.1. The maximum atomic E-state index is 8.81. The Labute approximate surface area is 72.2 Å². The highest BCUT2D eigenvalue weighted by molar-refractivity contribution is 5.44. The van der Waals surface area contributed by atoms with Crippen LogP contribution in [-0.4, -0.2) is 6.29 Å². The molecule has 0 saturated carbocycles.